The van der Waals surface area contributed by atoms with Gasteiger partial charge in [0.05, 0.1) is 13.2 Å². The Kier molecular flexibility index (Phi) is 7.04. The fraction of sp³-hybridized carbons (Fsp3) is 0.647. The van der Waals surface area contributed by atoms with Crippen LogP contribution in [0.15, 0.2) is 30.3 Å². The second-order valence-corrected chi connectivity index (χ2v) is 5.98. The fourth-order valence-electron chi connectivity index (χ4n) is 2.06. The first-order valence-corrected chi connectivity index (χ1v) is 7.21. The predicted molar refractivity (Wildman–Crippen MR) is 78.5 cm³/mol. The summed E-state index contributed by atoms with van der Waals surface area (Å²) < 4.78 is 5.88. The second-order valence-electron chi connectivity index (χ2n) is 5.98. The molecule has 0 aliphatic heterocycles. The minimum Gasteiger partial charge on any atom is -0.376 e. The van der Waals surface area contributed by atoms with Crippen molar-refractivity contribution >= 4 is 0 Å². The highest BCUT2D eigenvalue weighted by atomic mass is 16.5. The maximum absolute atomic E-state index is 5.88. The first kappa shape index (κ1) is 15.2. The molecular weight excluding hydrogens is 220 g/mol. The van der Waals surface area contributed by atoms with Crippen LogP contribution in [0.25, 0.3) is 0 Å². The van der Waals surface area contributed by atoms with Gasteiger partial charge in [0.1, 0.15) is 0 Å². The highest BCUT2D eigenvalue weighted by Crippen LogP contribution is 2.20. The number of hydrogen-bond donors (Lipinski definition) is 0. The van der Waals surface area contributed by atoms with E-state index >= 15 is 0 Å². The Morgan fingerprint density at radius 2 is 1.61 bits per heavy atom. The molecule has 0 aromatic heterocycles. The van der Waals surface area contributed by atoms with Crippen molar-refractivity contribution in [2.75, 3.05) is 6.61 Å². The first-order valence-electron chi connectivity index (χ1n) is 7.21. The zero-order valence-electron chi connectivity index (χ0n) is 12.4. The summed E-state index contributed by atoms with van der Waals surface area (Å²) in [7, 11) is 0. The maximum atomic E-state index is 5.88. The van der Waals surface area contributed by atoms with Crippen LogP contribution in [0.3, 0.4) is 0 Å². The topological polar surface area (TPSA) is 9.23 Å². The van der Waals surface area contributed by atoms with Gasteiger partial charge in [0, 0.05) is 0 Å². The number of hydrogen-bond acceptors (Lipinski definition) is 1. The third-order valence-corrected chi connectivity index (χ3v) is 3.50. The lowest BCUT2D eigenvalue weighted by Gasteiger charge is -2.21. The number of ether oxygens (including phenoxy) is 1. The van der Waals surface area contributed by atoms with E-state index < -0.39 is 0 Å². The van der Waals surface area contributed by atoms with E-state index in [-0.39, 0.29) is 0 Å². The van der Waals surface area contributed by atoms with Gasteiger partial charge < -0.3 is 4.74 Å². The van der Waals surface area contributed by atoms with E-state index in [1.165, 1.54) is 18.4 Å². The van der Waals surface area contributed by atoms with E-state index in [0.29, 0.717) is 11.8 Å². The number of rotatable bonds is 8. The van der Waals surface area contributed by atoms with Gasteiger partial charge in [-0.25, -0.2) is 0 Å². The third-order valence-electron chi connectivity index (χ3n) is 3.50. The van der Waals surface area contributed by atoms with E-state index in [9.17, 15) is 0 Å². The molecule has 0 N–H and O–H groups in total. The minimum atomic E-state index is 0.691. The summed E-state index contributed by atoms with van der Waals surface area (Å²) in [6, 6.07) is 10.4. The SMILES string of the molecule is CC(C)CC[C@@H](COCc1ccccc1)C(C)C. The molecule has 0 aliphatic carbocycles. The molecule has 0 amide bonds. The van der Waals surface area contributed by atoms with Crippen LogP contribution in [0.4, 0.5) is 0 Å². The highest BCUT2D eigenvalue weighted by Gasteiger charge is 2.14. The minimum absolute atomic E-state index is 0.691. The maximum Gasteiger partial charge on any atom is 0.0717 e. The van der Waals surface area contributed by atoms with Gasteiger partial charge >= 0.3 is 0 Å². The van der Waals surface area contributed by atoms with Gasteiger partial charge in [-0.05, 0) is 29.7 Å². The van der Waals surface area contributed by atoms with Crippen molar-refractivity contribution in [3.05, 3.63) is 35.9 Å². The molecule has 1 rings (SSSR count). The average molecular weight is 248 g/mol. The van der Waals surface area contributed by atoms with Crippen LogP contribution in [0.1, 0.15) is 46.1 Å². The molecule has 1 atom stereocenters. The molecule has 0 heterocycles. The molecule has 102 valence electrons. The summed E-state index contributed by atoms with van der Waals surface area (Å²) in [5.41, 5.74) is 1.27. The normalized spacial score (nSPS) is 13.2. The average Bonchev–Trinajstić information content (AvgIpc) is 2.34. The Morgan fingerprint density at radius 1 is 0.944 bits per heavy atom. The Balaban J connectivity index is 2.29. The Morgan fingerprint density at radius 3 is 2.17 bits per heavy atom. The highest BCUT2D eigenvalue weighted by molar-refractivity contribution is 5.13. The zero-order chi connectivity index (χ0) is 13.4. The summed E-state index contributed by atoms with van der Waals surface area (Å²) in [4.78, 5) is 0. The van der Waals surface area contributed by atoms with Crippen LogP contribution in [-0.2, 0) is 11.3 Å². The third kappa shape index (κ3) is 6.20. The number of benzene rings is 1. The molecule has 0 unspecified atom stereocenters. The molecule has 1 aromatic rings. The summed E-state index contributed by atoms with van der Waals surface area (Å²) in [6.07, 6.45) is 2.58. The lowest BCUT2D eigenvalue weighted by Crippen LogP contribution is -2.16. The van der Waals surface area contributed by atoms with Crippen molar-refractivity contribution in [3.8, 4) is 0 Å². The molecule has 0 aliphatic rings. The van der Waals surface area contributed by atoms with Crippen LogP contribution in [-0.4, -0.2) is 6.61 Å². The van der Waals surface area contributed by atoms with Gasteiger partial charge in [0.2, 0.25) is 0 Å². The van der Waals surface area contributed by atoms with E-state index in [4.69, 9.17) is 4.74 Å². The van der Waals surface area contributed by atoms with Crippen molar-refractivity contribution in [2.45, 2.75) is 47.1 Å². The predicted octanol–water partition coefficient (Wildman–Crippen LogP) is 4.91. The summed E-state index contributed by atoms with van der Waals surface area (Å²) in [5, 5.41) is 0. The fourth-order valence-corrected chi connectivity index (χ4v) is 2.06. The Labute approximate surface area is 113 Å². The molecule has 1 heteroatoms. The molecule has 0 fully saturated rings. The van der Waals surface area contributed by atoms with Crippen LogP contribution in [0.5, 0.6) is 0 Å². The summed E-state index contributed by atoms with van der Waals surface area (Å²) in [5.74, 6) is 2.19. The van der Waals surface area contributed by atoms with Crippen LogP contribution < -0.4 is 0 Å². The van der Waals surface area contributed by atoms with E-state index in [0.717, 1.165) is 19.1 Å². The summed E-state index contributed by atoms with van der Waals surface area (Å²) in [6.45, 7) is 10.8. The van der Waals surface area contributed by atoms with E-state index in [1.54, 1.807) is 0 Å². The Bertz CT molecular complexity index is 303. The van der Waals surface area contributed by atoms with Crippen molar-refractivity contribution in [1.82, 2.24) is 0 Å². The molecule has 18 heavy (non-hydrogen) atoms. The molecule has 0 radical (unpaired) electrons. The quantitative estimate of drug-likeness (QED) is 0.635. The van der Waals surface area contributed by atoms with Gasteiger partial charge in [-0.2, -0.15) is 0 Å². The van der Waals surface area contributed by atoms with Crippen molar-refractivity contribution in [3.63, 3.8) is 0 Å². The van der Waals surface area contributed by atoms with E-state index in [2.05, 4.69) is 52.0 Å². The van der Waals surface area contributed by atoms with Gasteiger partial charge in [0.15, 0.2) is 0 Å². The smallest absolute Gasteiger partial charge is 0.0717 e. The van der Waals surface area contributed by atoms with Crippen LogP contribution in [0, 0.1) is 17.8 Å². The lowest BCUT2D eigenvalue weighted by molar-refractivity contribution is 0.0660. The first-order chi connectivity index (χ1) is 8.59. The molecule has 1 nitrogen and oxygen atoms in total. The van der Waals surface area contributed by atoms with Crippen LogP contribution >= 0.6 is 0 Å². The summed E-state index contributed by atoms with van der Waals surface area (Å²) >= 11 is 0. The van der Waals surface area contributed by atoms with Gasteiger partial charge in [-0.3, -0.25) is 0 Å². The standard InChI is InChI=1S/C17H28O/c1-14(2)10-11-17(15(3)4)13-18-12-16-8-6-5-7-9-16/h5-9,14-15,17H,10-13H2,1-4H3/t17-/m0/s1. The largest absolute Gasteiger partial charge is 0.376 e. The molecule has 0 spiro atoms. The zero-order valence-corrected chi connectivity index (χ0v) is 12.4. The van der Waals surface area contributed by atoms with Crippen molar-refractivity contribution in [1.29, 1.82) is 0 Å². The second kappa shape index (κ2) is 8.31. The van der Waals surface area contributed by atoms with Crippen molar-refractivity contribution in [2.24, 2.45) is 17.8 Å². The molecule has 0 bridgehead atoms. The molecule has 0 saturated carbocycles. The lowest BCUT2D eigenvalue weighted by atomic mass is 9.89. The molecule has 0 saturated heterocycles. The molecular formula is C17H28O. The Hall–Kier alpha value is -0.820. The van der Waals surface area contributed by atoms with E-state index in [1.807, 2.05) is 6.07 Å². The molecule has 1 aromatic carbocycles. The van der Waals surface area contributed by atoms with Gasteiger partial charge in [-0.15, -0.1) is 0 Å². The van der Waals surface area contributed by atoms with Gasteiger partial charge in [-0.1, -0.05) is 64.4 Å². The monoisotopic (exact) mass is 248 g/mol. The van der Waals surface area contributed by atoms with Crippen molar-refractivity contribution < 1.29 is 4.74 Å². The van der Waals surface area contributed by atoms with Crippen LogP contribution in [0.2, 0.25) is 0 Å². The van der Waals surface area contributed by atoms with Gasteiger partial charge in [0.25, 0.3) is 0 Å².